The molecule has 0 radical (unpaired) electrons. The van der Waals surface area contributed by atoms with Gasteiger partial charge in [0.05, 0.1) is 5.69 Å². The summed E-state index contributed by atoms with van der Waals surface area (Å²) in [6, 6.07) is 13.3. The van der Waals surface area contributed by atoms with Crippen molar-refractivity contribution in [3.63, 3.8) is 0 Å². The van der Waals surface area contributed by atoms with Crippen LogP contribution in [0.5, 0.6) is 5.75 Å². The molecule has 0 amide bonds. The lowest BCUT2D eigenvalue weighted by molar-refractivity contribution is -0.148. The number of carbonyl (C=O) groups excluding carboxylic acids is 3. The number of aryl methyl sites for hydroxylation is 1. The molecule has 1 heterocycles. The number of carbonyl (C=O) groups is 3. The van der Waals surface area contributed by atoms with Gasteiger partial charge in [-0.3, -0.25) is 9.59 Å². The molecule has 1 atom stereocenters. The van der Waals surface area contributed by atoms with Crippen LogP contribution < -0.4 is 4.74 Å². The van der Waals surface area contributed by atoms with Crippen molar-refractivity contribution in [1.29, 1.82) is 0 Å². The standard InChI is InChI=1S/C23H23NO5/c1-13-21(15(3)25)14(2)24-22(13)23(27)16(4)29-20(26)12-28-19-10-9-17-7-5-6-8-18(17)11-19/h5-11,16,24H,12H2,1-4H3/t16-/m0/s1. The van der Waals surface area contributed by atoms with Gasteiger partial charge >= 0.3 is 5.97 Å². The Kier molecular flexibility index (Phi) is 5.82. The molecular weight excluding hydrogens is 370 g/mol. The van der Waals surface area contributed by atoms with E-state index in [2.05, 4.69) is 4.98 Å². The fraction of sp³-hybridized carbons (Fsp3) is 0.261. The first kappa shape index (κ1) is 20.3. The summed E-state index contributed by atoms with van der Waals surface area (Å²) in [5.74, 6) is -0.616. The smallest absolute Gasteiger partial charge is 0.344 e. The molecule has 0 saturated carbocycles. The van der Waals surface area contributed by atoms with Crippen molar-refractivity contribution in [3.8, 4) is 5.75 Å². The van der Waals surface area contributed by atoms with Gasteiger partial charge in [0, 0.05) is 11.3 Å². The van der Waals surface area contributed by atoms with Gasteiger partial charge in [0.15, 0.2) is 18.5 Å². The van der Waals surface area contributed by atoms with Crippen molar-refractivity contribution in [1.82, 2.24) is 4.98 Å². The SMILES string of the molecule is CC(=O)c1c(C)[nH]c(C(=O)[C@H](C)OC(=O)COc2ccc3ccccc3c2)c1C. The van der Waals surface area contributed by atoms with Crippen molar-refractivity contribution in [2.45, 2.75) is 33.8 Å². The molecule has 0 aliphatic rings. The zero-order valence-electron chi connectivity index (χ0n) is 16.9. The zero-order valence-corrected chi connectivity index (χ0v) is 16.9. The third-order valence-electron chi connectivity index (χ3n) is 4.79. The van der Waals surface area contributed by atoms with Gasteiger partial charge in [-0.2, -0.15) is 0 Å². The van der Waals surface area contributed by atoms with Crippen LogP contribution in [0.2, 0.25) is 0 Å². The van der Waals surface area contributed by atoms with E-state index in [9.17, 15) is 14.4 Å². The summed E-state index contributed by atoms with van der Waals surface area (Å²) < 4.78 is 10.7. The van der Waals surface area contributed by atoms with Crippen molar-refractivity contribution in [2.75, 3.05) is 6.61 Å². The Labute approximate surface area is 168 Å². The maximum atomic E-state index is 12.6. The molecule has 3 aromatic rings. The molecule has 0 aliphatic heterocycles. The third-order valence-corrected chi connectivity index (χ3v) is 4.79. The highest BCUT2D eigenvalue weighted by Crippen LogP contribution is 2.22. The van der Waals surface area contributed by atoms with E-state index < -0.39 is 17.9 Å². The second kappa shape index (κ2) is 8.31. The summed E-state index contributed by atoms with van der Waals surface area (Å²) in [6.07, 6.45) is -1.00. The molecule has 0 aliphatic carbocycles. The van der Waals surface area contributed by atoms with E-state index in [1.165, 1.54) is 13.8 Å². The van der Waals surface area contributed by atoms with Crippen molar-refractivity contribution >= 4 is 28.3 Å². The number of esters is 1. The quantitative estimate of drug-likeness (QED) is 0.481. The van der Waals surface area contributed by atoms with Crippen LogP contribution in [0.3, 0.4) is 0 Å². The summed E-state index contributed by atoms with van der Waals surface area (Å²) in [6.45, 7) is 6.07. The number of aromatic amines is 1. The predicted molar refractivity (Wildman–Crippen MR) is 110 cm³/mol. The molecule has 3 rings (SSSR count). The minimum Gasteiger partial charge on any atom is -0.482 e. The monoisotopic (exact) mass is 393 g/mol. The van der Waals surface area contributed by atoms with E-state index in [0.717, 1.165) is 10.8 Å². The lowest BCUT2D eigenvalue weighted by Gasteiger charge is -2.13. The summed E-state index contributed by atoms with van der Waals surface area (Å²) in [7, 11) is 0. The van der Waals surface area contributed by atoms with E-state index in [1.54, 1.807) is 19.9 Å². The molecule has 1 aromatic heterocycles. The molecule has 0 saturated heterocycles. The third kappa shape index (κ3) is 4.37. The van der Waals surface area contributed by atoms with Crippen LogP contribution in [0, 0.1) is 13.8 Å². The first-order valence-corrected chi connectivity index (χ1v) is 9.33. The maximum Gasteiger partial charge on any atom is 0.344 e. The van der Waals surface area contributed by atoms with E-state index in [1.807, 2.05) is 36.4 Å². The highest BCUT2D eigenvalue weighted by Gasteiger charge is 2.26. The fourth-order valence-electron chi connectivity index (χ4n) is 3.41. The van der Waals surface area contributed by atoms with E-state index in [-0.39, 0.29) is 18.1 Å². The summed E-state index contributed by atoms with van der Waals surface area (Å²) in [5.41, 5.74) is 1.96. The largest absolute Gasteiger partial charge is 0.482 e. The summed E-state index contributed by atoms with van der Waals surface area (Å²) in [4.78, 5) is 39.4. The molecule has 1 N–H and O–H groups in total. The van der Waals surface area contributed by atoms with Gasteiger partial charge in [0.1, 0.15) is 5.75 Å². The molecule has 0 unspecified atom stereocenters. The number of nitrogens with one attached hydrogen (secondary N) is 1. The van der Waals surface area contributed by atoms with Crippen LogP contribution in [0.25, 0.3) is 10.8 Å². The van der Waals surface area contributed by atoms with Gasteiger partial charge in [-0.05, 0) is 56.2 Å². The lowest BCUT2D eigenvalue weighted by Crippen LogP contribution is -2.28. The Morgan fingerprint density at radius 3 is 2.38 bits per heavy atom. The lowest BCUT2D eigenvalue weighted by atomic mass is 10.0. The number of benzene rings is 2. The number of fused-ring (bicyclic) bond motifs is 1. The van der Waals surface area contributed by atoms with Crippen molar-refractivity contribution < 1.29 is 23.9 Å². The number of ether oxygens (including phenoxy) is 2. The van der Waals surface area contributed by atoms with Crippen molar-refractivity contribution in [2.24, 2.45) is 0 Å². The van der Waals surface area contributed by atoms with Crippen LogP contribution in [0.1, 0.15) is 46.0 Å². The van der Waals surface area contributed by atoms with Crippen LogP contribution in [-0.2, 0) is 9.53 Å². The predicted octanol–water partition coefficient (Wildman–Crippen LogP) is 4.18. The molecule has 150 valence electrons. The molecule has 2 aromatic carbocycles. The second-order valence-corrected chi connectivity index (χ2v) is 6.98. The Bertz CT molecular complexity index is 1100. The molecule has 0 fully saturated rings. The number of Topliss-reactive ketones (excluding diaryl/α,β-unsaturated/α-hetero) is 2. The Morgan fingerprint density at radius 1 is 1.03 bits per heavy atom. The number of hydrogen-bond acceptors (Lipinski definition) is 5. The minimum atomic E-state index is -1.00. The normalized spacial score (nSPS) is 11.9. The molecule has 29 heavy (non-hydrogen) atoms. The van der Waals surface area contributed by atoms with Crippen LogP contribution in [-0.4, -0.2) is 35.2 Å². The molecule has 6 heteroatoms. The number of ketones is 2. The van der Waals surface area contributed by atoms with Crippen LogP contribution >= 0.6 is 0 Å². The van der Waals surface area contributed by atoms with E-state index >= 15 is 0 Å². The molecular formula is C23H23NO5. The number of H-pyrrole nitrogens is 1. The van der Waals surface area contributed by atoms with E-state index in [0.29, 0.717) is 22.6 Å². The highest BCUT2D eigenvalue weighted by atomic mass is 16.6. The average Bonchev–Trinajstić information content (AvgIpc) is 2.99. The molecule has 0 bridgehead atoms. The van der Waals surface area contributed by atoms with Crippen LogP contribution in [0.4, 0.5) is 0 Å². The van der Waals surface area contributed by atoms with Crippen LogP contribution in [0.15, 0.2) is 42.5 Å². The topological polar surface area (TPSA) is 85.5 Å². The maximum absolute atomic E-state index is 12.6. The average molecular weight is 393 g/mol. The zero-order chi connectivity index (χ0) is 21.1. The summed E-state index contributed by atoms with van der Waals surface area (Å²) in [5, 5.41) is 2.07. The molecule has 0 spiro atoms. The van der Waals surface area contributed by atoms with Gasteiger partial charge in [0.2, 0.25) is 5.78 Å². The van der Waals surface area contributed by atoms with Gasteiger partial charge in [0.25, 0.3) is 0 Å². The first-order valence-electron chi connectivity index (χ1n) is 9.33. The number of hydrogen-bond donors (Lipinski definition) is 1. The van der Waals surface area contributed by atoms with Gasteiger partial charge in [-0.1, -0.05) is 30.3 Å². The van der Waals surface area contributed by atoms with Gasteiger partial charge in [-0.25, -0.2) is 4.79 Å². The molecule has 6 nitrogen and oxygen atoms in total. The number of rotatable bonds is 7. The van der Waals surface area contributed by atoms with Gasteiger partial charge in [-0.15, -0.1) is 0 Å². The van der Waals surface area contributed by atoms with E-state index in [4.69, 9.17) is 9.47 Å². The van der Waals surface area contributed by atoms with Gasteiger partial charge < -0.3 is 14.5 Å². The fourth-order valence-corrected chi connectivity index (χ4v) is 3.41. The Balaban J connectivity index is 1.62. The minimum absolute atomic E-state index is 0.122. The summed E-state index contributed by atoms with van der Waals surface area (Å²) >= 11 is 0. The number of aromatic nitrogens is 1. The first-order chi connectivity index (χ1) is 13.8. The second-order valence-electron chi connectivity index (χ2n) is 6.98. The highest BCUT2D eigenvalue weighted by molar-refractivity contribution is 6.05. The van der Waals surface area contributed by atoms with Crippen molar-refractivity contribution in [3.05, 3.63) is 65.0 Å². The Morgan fingerprint density at radius 2 is 1.72 bits per heavy atom. The Hall–Kier alpha value is -3.41.